The molecule has 0 aliphatic heterocycles. The van der Waals surface area contributed by atoms with Crippen molar-refractivity contribution in [1.82, 2.24) is 0 Å². The highest BCUT2D eigenvalue weighted by molar-refractivity contribution is 5.97. The molecular formula is C7H17AlO3. The second-order valence-electron chi connectivity index (χ2n) is 2.31. The SMILES string of the molecule is COCCCOCCC[O][AlH2]. The molecule has 4 heteroatoms. The van der Waals surface area contributed by atoms with E-state index in [9.17, 15) is 0 Å². The molecule has 0 N–H and O–H groups in total. The van der Waals surface area contributed by atoms with E-state index in [0.29, 0.717) is 0 Å². The molecule has 66 valence electrons. The zero-order valence-electron chi connectivity index (χ0n) is 7.47. The standard InChI is InChI=1S/C7H15O3.Al.2H/c1-9-5-3-7-10-6-2-4-8;;;/h2-7H2,1H3;;;/q-1;+1;;. The smallest absolute Gasteiger partial charge is 0.410 e. The number of hydrogen-bond donors (Lipinski definition) is 0. The van der Waals surface area contributed by atoms with Gasteiger partial charge in [0.25, 0.3) is 0 Å². The Morgan fingerprint density at radius 3 is 2.18 bits per heavy atom. The average Bonchev–Trinajstić information content (AvgIpc) is 2.03. The van der Waals surface area contributed by atoms with Gasteiger partial charge in [-0.15, -0.1) is 0 Å². The van der Waals surface area contributed by atoms with Crippen molar-refractivity contribution in [3.8, 4) is 0 Å². The Morgan fingerprint density at radius 1 is 1.00 bits per heavy atom. The summed E-state index contributed by atoms with van der Waals surface area (Å²) in [5.41, 5.74) is 0. The first-order chi connectivity index (χ1) is 5.41. The van der Waals surface area contributed by atoms with Crippen molar-refractivity contribution in [2.45, 2.75) is 12.8 Å². The first kappa shape index (κ1) is 11.4. The lowest BCUT2D eigenvalue weighted by Gasteiger charge is -2.02. The number of methoxy groups -OCH3 is 1. The van der Waals surface area contributed by atoms with Crippen molar-refractivity contribution in [2.75, 3.05) is 33.5 Å². The first-order valence-corrected chi connectivity index (χ1v) is 4.79. The lowest BCUT2D eigenvalue weighted by Crippen LogP contribution is -2.02. The van der Waals surface area contributed by atoms with E-state index in [1.165, 1.54) is 0 Å². The normalized spacial score (nSPS) is 10.3. The average molecular weight is 176 g/mol. The molecule has 0 bridgehead atoms. The molecule has 0 unspecified atom stereocenters. The van der Waals surface area contributed by atoms with Gasteiger partial charge in [0.2, 0.25) is 0 Å². The molecule has 0 fully saturated rings. The van der Waals surface area contributed by atoms with Gasteiger partial charge in [0.15, 0.2) is 0 Å². The summed E-state index contributed by atoms with van der Waals surface area (Å²) in [6, 6.07) is 0. The van der Waals surface area contributed by atoms with Crippen LogP contribution in [0.4, 0.5) is 0 Å². The van der Waals surface area contributed by atoms with Crippen LogP contribution in [0.5, 0.6) is 0 Å². The monoisotopic (exact) mass is 176 g/mol. The number of hydrogen-bond acceptors (Lipinski definition) is 3. The van der Waals surface area contributed by atoms with Crippen LogP contribution in [-0.4, -0.2) is 50.2 Å². The summed E-state index contributed by atoms with van der Waals surface area (Å²) in [6.07, 6.45) is 1.99. The molecule has 0 saturated heterocycles. The van der Waals surface area contributed by atoms with Crippen LogP contribution < -0.4 is 0 Å². The maximum atomic E-state index is 5.29. The zero-order valence-corrected chi connectivity index (χ0v) is 9.47. The summed E-state index contributed by atoms with van der Waals surface area (Å²) in [4.78, 5) is 0. The van der Waals surface area contributed by atoms with Gasteiger partial charge in [0.1, 0.15) is 0 Å². The van der Waals surface area contributed by atoms with Crippen LogP contribution in [0.25, 0.3) is 0 Å². The molecule has 0 aromatic rings. The molecule has 3 nitrogen and oxygen atoms in total. The van der Waals surface area contributed by atoms with Gasteiger partial charge in [-0.3, -0.25) is 0 Å². The van der Waals surface area contributed by atoms with Crippen LogP contribution >= 0.6 is 0 Å². The highest BCUT2D eigenvalue weighted by atomic mass is 27.1. The lowest BCUT2D eigenvalue weighted by atomic mass is 10.4. The number of ether oxygens (including phenoxy) is 2. The summed E-state index contributed by atoms with van der Waals surface area (Å²) >= 11 is 0.834. The molecule has 0 heterocycles. The maximum absolute atomic E-state index is 5.29. The molecule has 11 heavy (non-hydrogen) atoms. The summed E-state index contributed by atoms with van der Waals surface area (Å²) in [7, 11) is 1.70. The van der Waals surface area contributed by atoms with E-state index in [0.717, 1.165) is 55.9 Å². The predicted molar refractivity (Wildman–Crippen MR) is 46.4 cm³/mol. The van der Waals surface area contributed by atoms with Gasteiger partial charge >= 0.3 is 16.6 Å². The minimum absolute atomic E-state index is 0.789. The van der Waals surface area contributed by atoms with Gasteiger partial charge in [0, 0.05) is 33.5 Å². The quantitative estimate of drug-likeness (QED) is 0.384. The van der Waals surface area contributed by atoms with Crippen LogP contribution in [0.3, 0.4) is 0 Å². The van der Waals surface area contributed by atoms with E-state index in [1.54, 1.807) is 7.11 Å². The Kier molecular flexibility index (Phi) is 10.8. The molecule has 0 saturated carbocycles. The van der Waals surface area contributed by atoms with E-state index in [2.05, 4.69) is 0 Å². The summed E-state index contributed by atoms with van der Waals surface area (Å²) in [5.74, 6) is 0. The maximum Gasteiger partial charge on any atom is 0.410 e. The second kappa shape index (κ2) is 10.4. The van der Waals surface area contributed by atoms with Crippen molar-refractivity contribution >= 4 is 16.6 Å². The minimum atomic E-state index is 0.789. The third-order valence-corrected chi connectivity index (χ3v) is 1.68. The van der Waals surface area contributed by atoms with E-state index in [4.69, 9.17) is 13.3 Å². The second-order valence-corrected chi connectivity index (χ2v) is 2.88. The van der Waals surface area contributed by atoms with Crippen LogP contribution in [0.1, 0.15) is 12.8 Å². The Labute approximate surface area is 76.8 Å². The van der Waals surface area contributed by atoms with E-state index >= 15 is 0 Å². The van der Waals surface area contributed by atoms with Crippen molar-refractivity contribution in [3.63, 3.8) is 0 Å². The fourth-order valence-electron chi connectivity index (χ4n) is 0.713. The van der Waals surface area contributed by atoms with E-state index in [1.807, 2.05) is 0 Å². The van der Waals surface area contributed by atoms with Gasteiger partial charge in [-0.25, -0.2) is 0 Å². The molecule has 0 radical (unpaired) electrons. The molecule has 0 aromatic carbocycles. The molecule has 0 rings (SSSR count). The van der Waals surface area contributed by atoms with Crippen molar-refractivity contribution in [3.05, 3.63) is 0 Å². The third-order valence-electron chi connectivity index (χ3n) is 1.27. The van der Waals surface area contributed by atoms with E-state index in [-0.39, 0.29) is 0 Å². The zero-order chi connectivity index (χ0) is 8.36. The Morgan fingerprint density at radius 2 is 1.64 bits per heavy atom. The van der Waals surface area contributed by atoms with E-state index < -0.39 is 0 Å². The van der Waals surface area contributed by atoms with Gasteiger partial charge < -0.3 is 13.3 Å². The largest absolute Gasteiger partial charge is 0.506 e. The van der Waals surface area contributed by atoms with Gasteiger partial charge in [-0.2, -0.15) is 0 Å². The Bertz CT molecular complexity index is 62.7. The van der Waals surface area contributed by atoms with Crippen molar-refractivity contribution in [2.24, 2.45) is 0 Å². The van der Waals surface area contributed by atoms with Crippen molar-refractivity contribution in [1.29, 1.82) is 0 Å². The fourth-order valence-corrected chi connectivity index (χ4v) is 1.00. The molecular weight excluding hydrogens is 159 g/mol. The summed E-state index contributed by atoms with van der Waals surface area (Å²) in [5, 5.41) is 0. The molecule has 0 spiro atoms. The van der Waals surface area contributed by atoms with Gasteiger partial charge in [-0.05, 0) is 12.8 Å². The van der Waals surface area contributed by atoms with Crippen LogP contribution in [0.15, 0.2) is 0 Å². The molecule has 0 aliphatic rings. The van der Waals surface area contributed by atoms with Crippen molar-refractivity contribution < 1.29 is 13.3 Å². The number of rotatable bonds is 8. The lowest BCUT2D eigenvalue weighted by molar-refractivity contribution is 0.0948. The van der Waals surface area contributed by atoms with Gasteiger partial charge in [-0.1, -0.05) is 0 Å². The third kappa shape index (κ3) is 10.4. The molecule has 0 aromatic heterocycles. The Balaban J connectivity index is 2.69. The predicted octanol–water partition coefficient (Wildman–Crippen LogP) is -0.00570. The summed E-state index contributed by atoms with van der Waals surface area (Å²) in [6.45, 7) is 3.24. The molecule has 0 atom stereocenters. The minimum Gasteiger partial charge on any atom is -0.506 e. The van der Waals surface area contributed by atoms with Gasteiger partial charge in [0.05, 0.1) is 0 Å². The van der Waals surface area contributed by atoms with Crippen LogP contribution in [0.2, 0.25) is 0 Å². The van der Waals surface area contributed by atoms with Crippen LogP contribution in [0, 0.1) is 0 Å². The fraction of sp³-hybridized carbons (Fsp3) is 1.00. The first-order valence-electron chi connectivity index (χ1n) is 3.97. The highest BCUT2D eigenvalue weighted by Gasteiger charge is 1.88. The highest BCUT2D eigenvalue weighted by Crippen LogP contribution is 1.86. The Hall–Kier alpha value is 0.412. The van der Waals surface area contributed by atoms with Crippen LogP contribution in [-0.2, 0) is 13.3 Å². The molecule has 0 amide bonds. The molecule has 0 aliphatic carbocycles. The summed E-state index contributed by atoms with van der Waals surface area (Å²) < 4.78 is 15.2. The topological polar surface area (TPSA) is 27.7 Å².